The van der Waals surface area contributed by atoms with Crippen LogP contribution in [-0.4, -0.2) is 31.1 Å². The van der Waals surface area contributed by atoms with Gasteiger partial charge in [0.25, 0.3) is 5.91 Å². The van der Waals surface area contributed by atoms with E-state index in [0.29, 0.717) is 0 Å². The molecule has 0 spiro atoms. The molecule has 0 saturated heterocycles. The van der Waals surface area contributed by atoms with Gasteiger partial charge in [-0.3, -0.25) is 4.79 Å². The van der Waals surface area contributed by atoms with Crippen molar-refractivity contribution < 1.29 is 37.5 Å². The number of benzene rings is 1. The quantitative estimate of drug-likeness (QED) is 0.739. The summed E-state index contributed by atoms with van der Waals surface area (Å²) in [5.41, 5.74) is 4.70. The minimum atomic E-state index is -1.18. The van der Waals surface area contributed by atoms with Gasteiger partial charge in [-0.25, -0.2) is 0 Å². The molecule has 21 heavy (non-hydrogen) atoms. The first-order valence-electron chi connectivity index (χ1n) is 7.44. The topological polar surface area (TPSA) is 29.1 Å². The number of hydrogen-bond donors (Lipinski definition) is 1. The monoisotopic (exact) mass is 383 g/mol. The second kappa shape index (κ2) is 8.75. The summed E-state index contributed by atoms with van der Waals surface area (Å²) in [6, 6.07) is 4.26. The van der Waals surface area contributed by atoms with E-state index in [1.54, 1.807) is 0 Å². The van der Waals surface area contributed by atoms with Gasteiger partial charge >= 0.3 is 0 Å². The molecule has 0 heterocycles. The molecule has 0 aliphatic rings. The third-order valence-electron chi connectivity index (χ3n) is 4.27. The van der Waals surface area contributed by atoms with Gasteiger partial charge in [-0.2, -0.15) is 0 Å². The van der Waals surface area contributed by atoms with Crippen molar-refractivity contribution in [3.63, 3.8) is 0 Å². The fourth-order valence-electron chi connectivity index (χ4n) is 2.80. The smallest absolute Gasteiger partial charge is 0.265 e. The first-order chi connectivity index (χ1) is 9.22. The molecule has 1 radical (unpaired) electrons. The standard InChI is InChI=1S/C17H28NOP.Y/c1-8-15(20(6,7)9-2)17(19)18-16-13(4)10-12(3)11-14(16)5;/h10-11,15H,8-9H2,1-7H3;/p+1. The second-order valence-corrected chi connectivity index (χ2v) is 11.1. The average molecular weight is 383 g/mol. The Morgan fingerprint density at radius 1 is 1.14 bits per heavy atom. The SMILES string of the molecule is CCC(C(=O)Nc1c(C)cc(C)cc1C)[P+](C)(C)CC.[Y]. The maximum absolute atomic E-state index is 12.7. The third-order valence-corrected chi connectivity index (χ3v) is 8.19. The minimum Gasteiger partial charge on any atom is -0.322 e. The second-order valence-electron chi connectivity index (χ2n) is 6.28. The van der Waals surface area contributed by atoms with Crippen LogP contribution in [-0.2, 0) is 37.5 Å². The van der Waals surface area contributed by atoms with Crippen LogP contribution in [0, 0.1) is 20.8 Å². The van der Waals surface area contributed by atoms with Crippen LogP contribution in [0.25, 0.3) is 0 Å². The summed E-state index contributed by atoms with van der Waals surface area (Å²) in [6.07, 6.45) is 2.04. The largest absolute Gasteiger partial charge is 0.322 e. The van der Waals surface area contributed by atoms with Crippen molar-refractivity contribution in [2.45, 2.75) is 46.7 Å². The Labute approximate surface area is 156 Å². The van der Waals surface area contributed by atoms with E-state index >= 15 is 0 Å². The summed E-state index contributed by atoms with van der Waals surface area (Å²) in [7, 11) is -1.18. The first kappa shape index (κ1) is 21.2. The van der Waals surface area contributed by atoms with Crippen LogP contribution in [0.2, 0.25) is 0 Å². The van der Waals surface area contributed by atoms with E-state index in [-0.39, 0.29) is 44.3 Å². The Bertz CT molecular complexity index is 477. The van der Waals surface area contributed by atoms with Crippen molar-refractivity contribution in [1.29, 1.82) is 0 Å². The number of hydrogen-bond acceptors (Lipinski definition) is 1. The van der Waals surface area contributed by atoms with E-state index < -0.39 is 7.26 Å². The van der Waals surface area contributed by atoms with Crippen molar-refractivity contribution in [2.75, 3.05) is 24.8 Å². The van der Waals surface area contributed by atoms with Crippen molar-refractivity contribution in [3.05, 3.63) is 28.8 Å². The zero-order valence-corrected chi connectivity index (χ0v) is 18.3. The molecule has 0 aliphatic carbocycles. The molecule has 1 aromatic rings. The van der Waals surface area contributed by atoms with Crippen LogP contribution in [0.4, 0.5) is 5.69 Å². The van der Waals surface area contributed by atoms with E-state index in [1.165, 1.54) is 5.56 Å². The van der Waals surface area contributed by atoms with Gasteiger partial charge in [-0.1, -0.05) is 24.6 Å². The van der Waals surface area contributed by atoms with Crippen LogP contribution in [0.15, 0.2) is 12.1 Å². The number of amides is 1. The van der Waals surface area contributed by atoms with Crippen LogP contribution in [0.1, 0.15) is 37.0 Å². The fourth-order valence-corrected chi connectivity index (χ4v) is 4.93. The Hall–Kier alpha value is 0.224. The molecule has 1 rings (SSSR count). The van der Waals surface area contributed by atoms with E-state index in [9.17, 15) is 4.79 Å². The molecule has 4 heteroatoms. The van der Waals surface area contributed by atoms with Gasteiger partial charge in [0.1, 0.15) is 5.66 Å². The number of anilines is 1. The molecular weight excluding hydrogens is 354 g/mol. The van der Waals surface area contributed by atoms with E-state index in [2.05, 4.69) is 65.4 Å². The Kier molecular flexibility index (Phi) is 8.84. The Balaban J connectivity index is 0.00000400. The molecule has 0 fully saturated rings. The van der Waals surface area contributed by atoms with Crippen molar-refractivity contribution in [2.24, 2.45) is 0 Å². The van der Waals surface area contributed by atoms with Crippen LogP contribution >= 0.6 is 7.26 Å². The number of rotatable bonds is 5. The summed E-state index contributed by atoms with van der Waals surface area (Å²) in [5, 5.41) is 3.19. The van der Waals surface area contributed by atoms with E-state index in [0.717, 1.165) is 29.4 Å². The molecule has 0 saturated carbocycles. The zero-order chi connectivity index (χ0) is 15.5. The third kappa shape index (κ3) is 5.41. The number of carbonyl (C=O) groups excluding carboxylic acids is 1. The van der Waals surface area contributed by atoms with Crippen molar-refractivity contribution in [3.8, 4) is 0 Å². The van der Waals surface area contributed by atoms with Gasteiger partial charge in [-0.15, -0.1) is 0 Å². The Morgan fingerprint density at radius 2 is 1.62 bits per heavy atom. The summed E-state index contributed by atoms with van der Waals surface area (Å²) in [5.74, 6) is 0.197. The molecule has 0 aliphatic heterocycles. The molecule has 115 valence electrons. The van der Waals surface area contributed by atoms with Crippen LogP contribution < -0.4 is 5.32 Å². The van der Waals surface area contributed by atoms with E-state index in [1.807, 2.05) is 0 Å². The predicted octanol–water partition coefficient (Wildman–Crippen LogP) is 4.62. The summed E-state index contributed by atoms with van der Waals surface area (Å²) < 4.78 is 0. The first-order valence-corrected chi connectivity index (χ1v) is 10.4. The van der Waals surface area contributed by atoms with Gasteiger partial charge in [0.05, 0.1) is 6.16 Å². The van der Waals surface area contributed by atoms with E-state index in [4.69, 9.17) is 0 Å². The molecule has 1 aromatic carbocycles. The summed E-state index contributed by atoms with van der Waals surface area (Å²) in [6.45, 7) is 15.1. The maximum Gasteiger partial charge on any atom is 0.265 e. The van der Waals surface area contributed by atoms with Gasteiger partial charge in [0.15, 0.2) is 0 Å². The molecule has 1 atom stereocenters. The molecule has 0 aromatic heterocycles. The number of carbonyl (C=O) groups is 1. The van der Waals surface area contributed by atoms with Crippen LogP contribution in [0.5, 0.6) is 0 Å². The minimum absolute atomic E-state index is 0. The normalized spacial score (nSPS) is 12.5. The van der Waals surface area contributed by atoms with Gasteiger partial charge < -0.3 is 5.32 Å². The molecular formula is C17H29NOPY+. The van der Waals surface area contributed by atoms with Crippen LogP contribution in [0.3, 0.4) is 0 Å². The summed E-state index contributed by atoms with van der Waals surface area (Å²) >= 11 is 0. The van der Waals surface area contributed by atoms with Gasteiger partial charge in [0.2, 0.25) is 0 Å². The molecule has 1 N–H and O–H groups in total. The van der Waals surface area contributed by atoms with Crippen molar-refractivity contribution >= 4 is 18.9 Å². The number of aryl methyl sites for hydroxylation is 3. The number of nitrogens with one attached hydrogen (secondary N) is 1. The summed E-state index contributed by atoms with van der Waals surface area (Å²) in [4.78, 5) is 12.7. The fraction of sp³-hybridized carbons (Fsp3) is 0.588. The van der Waals surface area contributed by atoms with Gasteiger partial charge in [-0.05, 0) is 45.2 Å². The maximum atomic E-state index is 12.7. The average Bonchev–Trinajstić information content (AvgIpc) is 2.34. The molecule has 2 nitrogen and oxygen atoms in total. The molecule has 1 amide bonds. The predicted molar refractivity (Wildman–Crippen MR) is 92.7 cm³/mol. The molecule has 0 bridgehead atoms. The molecule has 1 unspecified atom stereocenters. The Morgan fingerprint density at radius 3 is 2.00 bits per heavy atom. The van der Waals surface area contributed by atoms with Crippen molar-refractivity contribution in [1.82, 2.24) is 0 Å². The zero-order valence-electron chi connectivity index (χ0n) is 14.6. The van der Waals surface area contributed by atoms with Gasteiger partial charge in [0, 0.05) is 59.0 Å².